The summed E-state index contributed by atoms with van der Waals surface area (Å²) in [6.45, 7) is 9.62. The molecule has 0 aliphatic heterocycles. The molecule has 0 radical (unpaired) electrons. The van der Waals surface area contributed by atoms with Crippen LogP contribution in [0.3, 0.4) is 0 Å². The second-order valence-corrected chi connectivity index (χ2v) is 24.2. The van der Waals surface area contributed by atoms with Crippen LogP contribution >= 0.6 is 0 Å². The lowest BCUT2D eigenvalue weighted by Gasteiger charge is -2.26. The SMILES string of the molecule is CC1(C)c2cc(-c3ccc(/C=C/c4ccc(N(c5ccccc5)c5ccc6ccccc6c5)cc4)cc3)ccc2-c2cc3c(cc21)-c1ccc(-c2ccc(/C=C/c4ccc(N(c5ccccc5)c5ccc6ccccc6c5)cc4)cc2)cc1C3(C)C. The van der Waals surface area contributed by atoms with Gasteiger partial charge in [-0.2, -0.15) is 0 Å². The van der Waals surface area contributed by atoms with Crippen LogP contribution in [-0.4, -0.2) is 0 Å². The van der Waals surface area contributed by atoms with Crippen LogP contribution in [0.5, 0.6) is 0 Å². The van der Waals surface area contributed by atoms with Gasteiger partial charge in [-0.1, -0.05) is 246 Å². The Morgan fingerprint density at radius 3 is 0.884 bits per heavy atom. The summed E-state index contributed by atoms with van der Waals surface area (Å²) in [7, 11) is 0. The highest BCUT2D eigenvalue weighted by molar-refractivity contribution is 5.94. The van der Waals surface area contributed by atoms with Crippen molar-refractivity contribution in [1.29, 1.82) is 0 Å². The summed E-state index contributed by atoms with van der Waals surface area (Å²) in [4.78, 5) is 4.65. The van der Waals surface area contributed by atoms with Gasteiger partial charge in [0.1, 0.15) is 0 Å². The number of benzene rings is 13. The van der Waals surface area contributed by atoms with Gasteiger partial charge in [0, 0.05) is 45.0 Å². The molecule has 2 aliphatic carbocycles. The minimum Gasteiger partial charge on any atom is -0.310 e. The molecule has 2 aliphatic rings. The fourth-order valence-electron chi connectivity index (χ4n) is 13.4. The summed E-state index contributed by atoms with van der Waals surface area (Å²) >= 11 is 0. The molecule has 0 atom stereocenters. The molecule has 0 saturated carbocycles. The van der Waals surface area contributed by atoms with Crippen LogP contribution in [0, 0.1) is 0 Å². The lowest BCUT2D eigenvalue weighted by molar-refractivity contribution is 0.652. The van der Waals surface area contributed by atoms with Gasteiger partial charge in [-0.25, -0.2) is 0 Å². The Kier molecular flexibility index (Phi) is 12.9. The molecule has 0 amide bonds. The molecule has 0 heterocycles. The first-order valence-electron chi connectivity index (χ1n) is 30.0. The predicted molar refractivity (Wildman–Crippen MR) is 368 cm³/mol. The van der Waals surface area contributed by atoms with E-state index in [9.17, 15) is 0 Å². The van der Waals surface area contributed by atoms with E-state index in [2.05, 4.69) is 353 Å². The van der Waals surface area contributed by atoms with Crippen LogP contribution in [0.1, 0.15) is 72.2 Å². The molecular formula is C84H64N2. The summed E-state index contributed by atoms with van der Waals surface area (Å²) in [5.41, 5.74) is 27.0. The average molecular weight is 1100 g/mol. The van der Waals surface area contributed by atoms with Gasteiger partial charge < -0.3 is 9.80 Å². The third-order valence-electron chi connectivity index (χ3n) is 18.2. The summed E-state index contributed by atoms with van der Waals surface area (Å²) < 4.78 is 0. The normalized spacial score (nSPS) is 13.4. The number of anilines is 6. The summed E-state index contributed by atoms with van der Waals surface area (Å²) in [6, 6.07) is 107. The number of rotatable bonds is 12. The monoisotopic (exact) mass is 1100 g/mol. The quantitative estimate of drug-likeness (QED) is 0.113. The van der Waals surface area contributed by atoms with Gasteiger partial charge in [0.15, 0.2) is 0 Å². The van der Waals surface area contributed by atoms with Crippen molar-refractivity contribution < 1.29 is 0 Å². The van der Waals surface area contributed by atoms with E-state index in [0.717, 1.165) is 45.3 Å². The molecule has 0 fully saturated rings. The maximum absolute atomic E-state index is 2.52. The predicted octanol–water partition coefficient (Wildman–Crippen LogP) is 23.2. The fraction of sp³-hybridized carbons (Fsp3) is 0.0714. The number of para-hydroxylation sites is 2. The highest BCUT2D eigenvalue weighted by Crippen LogP contribution is 2.57. The first-order valence-corrected chi connectivity index (χ1v) is 30.0. The van der Waals surface area contributed by atoms with Gasteiger partial charge >= 0.3 is 0 Å². The van der Waals surface area contributed by atoms with Crippen molar-refractivity contribution in [3.05, 3.63) is 336 Å². The molecule has 13 aromatic rings. The second kappa shape index (κ2) is 21.3. The van der Waals surface area contributed by atoms with Crippen LogP contribution in [0.15, 0.2) is 291 Å². The van der Waals surface area contributed by atoms with Gasteiger partial charge in [0.25, 0.3) is 0 Å². The average Bonchev–Trinajstić information content (AvgIpc) is 1.60. The highest BCUT2D eigenvalue weighted by Gasteiger charge is 2.42. The van der Waals surface area contributed by atoms with Crippen molar-refractivity contribution in [3.63, 3.8) is 0 Å². The Hall–Kier alpha value is -10.5. The second-order valence-electron chi connectivity index (χ2n) is 24.2. The lowest BCUT2D eigenvalue weighted by atomic mass is 9.79. The summed E-state index contributed by atoms with van der Waals surface area (Å²) in [6.07, 6.45) is 8.84. The van der Waals surface area contributed by atoms with Crippen molar-refractivity contribution in [2.45, 2.75) is 38.5 Å². The Labute approximate surface area is 505 Å². The van der Waals surface area contributed by atoms with E-state index in [1.807, 2.05) is 0 Å². The highest BCUT2D eigenvalue weighted by atomic mass is 15.1. The van der Waals surface area contributed by atoms with Gasteiger partial charge in [0.05, 0.1) is 0 Å². The maximum Gasteiger partial charge on any atom is 0.0468 e. The molecule has 0 unspecified atom stereocenters. The van der Waals surface area contributed by atoms with E-state index in [1.165, 1.54) is 99.4 Å². The van der Waals surface area contributed by atoms with Crippen LogP contribution in [0.2, 0.25) is 0 Å². The first kappa shape index (κ1) is 52.3. The number of nitrogens with zero attached hydrogens (tertiary/aromatic N) is 2. The third-order valence-corrected chi connectivity index (χ3v) is 18.2. The Balaban J connectivity index is 0.625. The zero-order valence-electron chi connectivity index (χ0n) is 48.9. The summed E-state index contributed by atoms with van der Waals surface area (Å²) in [5, 5.41) is 4.93. The smallest absolute Gasteiger partial charge is 0.0468 e. The Morgan fingerprint density at radius 2 is 0.512 bits per heavy atom. The number of hydrogen-bond donors (Lipinski definition) is 0. The zero-order valence-corrected chi connectivity index (χ0v) is 48.9. The molecule has 0 bridgehead atoms. The van der Waals surface area contributed by atoms with Crippen molar-refractivity contribution in [1.82, 2.24) is 0 Å². The third kappa shape index (κ3) is 9.50. The van der Waals surface area contributed by atoms with E-state index in [1.54, 1.807) is 0 Å². The van der Waals surface area contributed by atoms with Crippen molar-refractivity contribution in [2.75, 3.05) is 9.80 Å². The van der Waals surface area contributed by atoms with Crippen molar-refractivity contribution in [2.24, 2.45) is 0 Å². The van der Waals surface area contributed by atoms with Crippen LogP contribution in [-0.2, 0) is 10.8 Å². The molecule has 410 valence electrons. The van der Waals surface area contributed by atoms with Gasteiger partial charge in [0.2, 0.25) is 0 Å². The van der Waals surface area contributed by atoms with E-state index in [-0.39, 0.29) is 10.8 Å². The van der Waals surface area contributed by atoms with E-state index in [4.69, 9.17) is 0 Å². The largest absolute Gasteiger partial charge is 0.310 e. The first-order chi connectivity index (χ1) is 42.1. The molecule has 2 heteroatoms. The molecular weight excluding hydrogens is 1040 g/mol. The number of fused-ring (bicyclic) bond motifs is 8. The Bertz CT molecular complexity index is 4450. The molecule has 0 aromatic heterocycles. The maximum atomic E-state index is 2.52. The summed E-state index contributed by atoms with van der Waals surface area (Å²) in [5.74, 6) is 0. The minimum absolute atomic E-state index is 0.157. The van der Waals surface area contributed by atoms with Crippen LogP contribution < -0.4 is 9.80 Å². The lowest BCUT2D eigenvalue weighted by Crippen LogP contribution is -2.17. The van der Waals surface area contributed by atoms with E-state index >= 15 is 0 Å². The van der Waals surface area contributed by atoms with Crippen molar-refractivity contribution in [3.8, 4) is 44.5 Å². The van der Waals surface area contributed by atoms with Gasteiger partial charge in [-0.15, -0.1) is 0 Å². The number of hydrogen-bond acceptors (Lipinski definition) is 2. The molecule has 15 rings (SSSR count). The molecule has 2 nitrogen and oxygen atoms in total. The standard InChI is InChI=1S/C84H64N2/c1-83(2)79-53-67(63-35-27-57(28-36-63)23-25-59-31-43-71(44-32-59)85(69-19-7-5-8-20-69)73-47-39-61-15-11-13-17-65(61)51-73)41-49-75(79)77-56-82-78(55-81(77)83)76-50-42-68(54-80(76)84(82,3)4)64-37-29-58(30-38-64)24-26-60-33-45-72(46-34-60)86(70-21-9-6-10-22-70)74-48-40-62-16-12-14-18-66(62)52-74/h5-56H,1-4H3/b25-23+,26-24+. The van der Waals surface area contributed by atoms with Gasteiger partial charge in [-0.05, 0) is 208 Å². The van der Waals surface area contributed by atoms with E-state index in [0.29, 0.717) is 0 Å². The van der Waals surface area contributed by atoms with Crippen LogP contribution in [0.4, 0.5) is 34.1 Å². The fourth-order valence-corrected chi connectivity index (χ4v) is 13.4. The van der Waals surface area contributed by atoms with E-state index < -0.39 is 0 Å². The minimum atomic E-state index is -0.157. The molecule has 13 aromatic carbocycles. The zero-order chi connectivity index (χ0) is 57.9. The molecule has 86 heavy (non-hydrogen) atoms. The van der Waals surface area contributed by atoms with Crippen molar-refractivity contribution >= 4 is 80.0 Å². The molecule has 0 saturated heterocycles. The van der Waals surface area contributed by atoms with Gasteiger partial charge in [-0.3, -0.25) is 0 Å². The Morgan fingerprint density at radius 1 is 0.221 bits per heavy atom. The molecule has 0 spiro atoms. The molecule has 0 N–H and O–H groups in total. The van der Waals surface area contributed by atoms with Crippen LogP contribution in [0.25, 0.3) is 90.4 Å². The topological polar surface area (TPSA) is 6.48 Å².